The molecule has 1 aromatic carbocycles. The summed E-state index contributed by atoms with van der Waals surface area (Å²) < 4.78 is 5.15. The van der Waals surface area contributed by atoms with Crippen molar-refractivity contribution in [2.24, 2.45) is 0 Å². The minimum absolute atomic E-state index is 0.448. The van der Waals surface area contributed by atoms with E-state index >= 15 is 0 Å². The number of nitrogens with zero attached hydrogens (tertiary/aromatic N) is 3. The predicted molar refractivity (Wildman–Crippen MR) is 63.2 cm³/mol. The largest absolute Gasteiger partial charge is 0.445 e. The van der Waals surface area contributed by atoms with Gasteiger partial charge in [-0.15, -0.1) is 0 Å². The van der Waals surface area contributed by atoms with E-state index < -0.39 is 0 Å². The molecule has 4 heteroatoms. The van der Waals surface area contributed by atoms with Gasteiger partial charge in [0.15, 0.2) is 0 Å². The molecule has 0 atom stereocenters. The lowest BCUT2D eigenvalue weighted by molar-refractivity contribution is 0.569. The molecule has 0 aliphatic carbocycles. The Bertz CT molecular complexity index is 608. The summed E-state index contributed by atoms with van der Waals surface area (Å²) in [4.78, 5) is 12.6. The fraction of sp³-hybridized carbons (Fsp3) is 0.0769. The molecule has 0 unspecified atom stereocenters. The Labute approximate surface area is 98.4 Å². The number of benzene rings is 1. The average Bonchev–Trinajstić information content (AvgIpc) is 3.00. The summed E-state index contributed by atoms with van der Waals surface area (Å²) in [5.74, 6) is 0.967. The van der Waals surface area contributed by atoms with E-state index in [-0.39, 0.29) is 0 Å². The van der Waals surface area contributed by atoms with Gasteiger partial charge in [-0.05, 0) is 18.2 Å². The third-order valence-electron chi connectivity index (χ3n) is 2.51. The first-order valence-electron chi connectivity index (χ1n) is 5.29. The molecule has 17 heavy (non-hydrogen) atoms. The molecule has 4 nitrogen and oxygen atoms in total. The van der Waals surface area contributed by atoms with Crippen LogP contribution in [0.2, 0.25) is 0 Å². The monoisotopic (exact) mass is 224 g/mol. The second kappa shape index (κ2) is 3.90. The van der Waals surface area contributed by atoms with E-state index in [1.54, 1.807) is 12.4 Å². The number of rotatable bonds is 2. The number of aryl methyl sites for hydroxylation is 1. The van der Waals surface area contributed by atoms with Gasteiger partial charge in [-0.1, -0.05) is 36.0 Å². The zero-order valence-corrected chi connectivity index (χ0v) is 9.29. The summed E-state index contributed by atoms with van der Waals surface area (Å²) in [7, 11) is 0. The highest BCUT2D eigenvalue weighted by Crippen LogP contribution is 2.20. The average molecular weight is 224 g/mol. The third kappa shape index (κ3) is 1.85. The summed E-state index contributed by atoms with van der Waals surface area (Å²) in [6, 6.07) is 8.15. The van der Waals surface area contributed by atoms with Crippen LogP contribution < -0.4 is 4.98 Å². The quantitative estimate of drug-likeness (QED) is 0.671. The Balaban J connectivity index is 1.98. The number of imidazole rings is 1. The zero-order valence-electron chi connectivity index (χ0n) is 9.29. The molecule has 2 heterocycles. The number of hydrogen-bond acceptors (Lipinski definition) is 3. The highest BCUT2D eigenvalue weighted by atomic mass is 16.3. The van der Waals surface area contributed by atoms with Gasteiger partial charge in [0.05, 0.1) is 6.20 Å². The van der Waals surface area contributed by atoms with E-state index in [0.717, 1.165) is 11.3 Å². The SMILES string of the molecule is Cc1ccc(-c2c[n-]c(-c3ncco3)n2)cc1. The van der Waals surface area contributed by atoms with Gasteiger partial charge in [-0.25, -0.2) is 4.98 Å². The van der Waals surface area contributed by atoms with Crippen LogP contribution in [0.3, 0.4) is 0 Å². The number of aromatic nitrogens is 3. The highest BCUT2D eigenvalue weighted by molar-refractivity contribution is 5.61. The maximum Gasteiger partial charge on any atom is 0.217 e. The lowest BCUT2D eigenvalue weighted by atomic mass is 10.1. The highest BCUT2D eigenvalue weighted by Gasteiger charge is 1.99. The Morgan fingerprint density at radius 1 is 1.18 bits per heavy atom. The Morgan fingerprint density at radius 2 is 2.00 bits per heavy atom. The molecule has 0 fully saturated rings. The molecule has 3 rings (SSSR count). The number of hydrogen-bond donors (Lipinski definition) is 0. The van der Waals surface area contributed by atoms with E-state index in [4.69, 9.17) is 4.42 Å². The van der Waals surface area contributed by atoms with Crippen molar-refractivity contribution in [3.05, 3.63) is 48.5 Å². The lowest BCUT2D eigenvalue weighted by Crippen LogP contribution is -1.81. The molecule has 0 spiro atoms. The van der Waals surface area contributed by atoms with Gasteiger partial charge in [-0.2, -0.15) is 0 Å². The summed E-state index contributed by atoms with van der Waals surface area (Å²) in [5.41, 5.74) is 3.10. The maximum atomic E-state index is 5.15. The van der Waals surface area contributed by atoms with E-state index in [1.165, 1.54) is 11.8 Å². The predicted octanol–water partition coefficient (Wildman–Crippen LogP) is 2.67. The van der Waals surface area contributed by atoms with Gasteiger partial charge in [0, 0.05) is 5.82 Å². The Morgan fingerprint density at radius 3 is 2.71 bits per heavy atom. The van der Waals surface area contributed by atoms with Crippen LogP contribution in [0.25, 0.3) is 23.0 Å². The maximum absolute atomic E-state index is 5.15. The van der Waals surface area contributed by atoms with Crippen LogP contribution >= 0.6 is 0 Å². The van der Waals surface area contributed by atoms with Gasteiger partial charge < -0.3 is 14.4 Å². The standard InChI is InChI=1S/C13H10N3O/c1-9-2-4-10(5-3-9)11-8-15-12(16-11)13-14-6-7-17-13/h2-8H,1H3/q-1. The van der Waals surface area contributed by atoms with Crippen molar-refractivity contribution in [3.63, 3.8) is 0 Å². The van der Waals surface area contributed by atoms with Gasteiger partial charge in [-0.3, -0.25) is 0 Å². The van der Waals surface area contributed by atoms with Crippen LogP contribution in [0, 0.1) is 6.92 Å². The van der Waals surface area contributed by atoms with Gasteiger partial charge in [0.2, 0.25) is 5.89 Å². The second-order valence-corrected chi connectivity index (χ2v) is 3.78. The molecule has 84 valence electrons. The fourth-order valence-corrected chi connectivity index (χ4v) is 1.59. The minimum atomic E-state index is 0.448. The first-order chi connectivity index (χ1) is 8.33. The summed E-state index contributed by atoms with van der Waals surface area (Å²) >= 11 is 0. The van der Waals surface area contributed by atoms with Crippen molar-refractivity contribution in [3.8, 4) is 23.0 Å². The van der Waals surface area contributed by atoms with Crippen LogP contribution in [-0.2, 0) is 0 Å². The van der Waals surface area contributed by atoms with Crippen molar-refractivity contribution in [2.45, 2.75) is 6.92 Å². The fourth-order valence-electron chi connectivity index (χ4n) is 1.59. The van der Waals surface area contributed by atoms with Crippen LogP contribution in [0.15, 0.2) is 47.3 Å². The van der Waals surface area contributed by atoms with Gasteiger partial charge in [0.1, 0.15) is 6.26 Å². The van der Waals surface area contributed by atoms with Crippen LogP contribution in [0.1, 0.15) is 5.56 Å². The topological polar surface area (TPSA) is 53.0 Å². The van der Waals surface area contributed by atoms with Crippen molar-refractivity contribution < 1.29 is 4.42 Å². The summed E-state index contributed by atoms with van der Waals surface area (Å²) in [6.45, 7) is 2.05. The van der Waals surface area contributed by atoms with Crippen molar-refractivity contribution in [2.75, 3.05) is 0 Å². The first kappa shape index (κ1) is 9.84. The summed E-state index contributed by atoms with van der Waals surface area (Å²) in [5, 5.41) is 0. The van der Waals surface area contributed by atoms with Crippen LogP contribution in [0.5, 0.6) is 0 Å². The molecule has 0 aliphatic heterocycles. The second-order valence-electron chi connectivity index (χ2n) is 3.78. The molecule has 0 saturated carbocycles. The summed E-state index contributed by atoms with van der Waals surface area (Å²) in [6.07, 6.45) is 4.82. The molecule has 0 saturated heterocycles. The van der Waals surface area contributed by atoms with Gasteiger partial charge >= 0.3 is 0 Å². The molecule has 0 bridgehead atoms. The van der Waals surface area contributed by atoms with E-state index in [1.807, 2.05) is 12.1 Å². The van der Waals surface area contributed by atoms with E-state index in [0.29, 0.717) is 11.7 Å². The molecule has 0 radical (unpaired) electrons. The first-order valence-corrected chi connectivity index (χ1v) is 5.29. The lowest BCUT2D eigenvalue weighted by Gasteiger charge is -2.02. The molecule has 3 aromatic rings. The normalized spacial score (nSPS) is 10.6. The molecule has 0 amide bonds. The van der Waals surface area contributed by atoms with Crippen molar-refractivity contribution in [1.82, 2.24) is 15.0 Å². The Hall–Kier alpha value is -2.36. The van der Waals surface area contributed by atoms with Gasteiger partial charge in [0.25, 0.3) is 0 Å². The number of oxazole rings is 1. The Kier molecular flexibility index (Phi) is 2.26. The van der Waals surface area contributed by atoms with Crippen molar-refractivity contribution >= 4 is 0 Å². The molecule has 2 aromatic heterocycles. The molecule has 0 N–H and O–H groups in total. The van der Waals surface area contributed by atoms with Crippen LogP contribution in [-0.4, -0.2) is 9.97 Å². The molecular weight excluding hydrogens is 214 g/mol. The third-order valence-corrected chi connectivity index (χ3v) is 2.51. The molecule has 0 aliphatic rings. The van der Waals surface area contributed by atoms with E-state index in [9.17, 15) is 0 Å². The van der Waals surface area contributed by atoms with E-state index in [2.05, 4.69) is 34.0 Å². The smallest absolute Gasteiger partial charge is 0.217 e. The molecular formula is C13H10N3O-. The zero-order chi connectivity index (χ0) is 11.7. The van der Waals surface area contributed by atoms with Crippen molar-refractivity contribution in [1.29, 1.82) is 0 Å². The minimum Gasteiger partial charge on any atom is -0.445 e. The van der Waals surface area contributed by atoms with Crippen LogP contribution in [0.4, 0.5) is 0 Å².